The van der Waals surface area contributed by atoms with E-state index in [0.29, 0.717) is 11.3 Å². The topological polar surface area (TPSA) is 30.7 Å². The van der Waals surface area contributed by atoms with E-state index in [-0.39, 0.29) is 12.1 Å². The van der Waals surface area contributed by atoms with Crippen LogP contribution in [0.5, 0.6) is 0 Å². The summed E-state index contributed by atoms with van der Waals surface area (Å²) >= 11 is 0. The van der Waals surface area contributed by atoms with E-state index in [1.807, 2.05) is 6.92 Å². The van der Waals surface area contributed by atoms with Gasteiger partial charge in [0.25, 0.3) is 0 Å². The molecule has 0 aromatic heterocycles. The van der Waals surface area contributed by atoms with Crippen molar-refractivity contribution in [3.63, 3.8) is 0 Å². The van der Waals surface area contributed by atoms with Crippen LogP contribution in [0.3, 0.4) is 0 Å². The molecule has 0 fully saturated rings. The van der Waals surface area contributed by atoms with Crippen molar-refractivity contribution in [2.45, 2.75) is 45.6 Å². The first-order valence-corrected chi connectivity index (χ1v) is 6.36. The quantitative estimate of drug-likeness (QED) is 0.423. The summed E-state index contributed by atoms with van der Waals surface area (Å²) in [5.41, 5.74) is 1.03. The number of benzene rings is 1. The van der Waals surface area contributed by atoms with Crippen LogP contribution in [0.1, 0.15) is 49.9 Å². The van der Waals surface area contributed by atoms with Crippen molar-refractivity contribution in [1.29, 1.82) is 0 Å². The van der Waals surface area contributed by atoms with E-state index >= 15 is 0 Å². The minimum Gasteiger partial charge on any atom is -0.459 e. The molecule has 1 aromatic carbocycles. The zero-order valence-corrected chi connectivity index (χ0v) is 11.0. The Bertz CT molecular complexity index is 417. The average Bonchev–Trinajstić information content (AvgIpc) is 2.39. The van der Waals surface area contributed by atoms with Crippen LogP contribution >= 0.6 is 0 Å². The SMILES string of the molecule is [C-]#[N+]c1ccc(C(=O)O[C@@H](C)CCCCC)cc1. The molecular weight excluding hydrogens is 226 g/mol. The Morgan fingerprint density at radius 3 is 2.56 bits per heavy atom. The Morgan fingerprint density at radius 2 is 2.00 bits per heavy atom. The van der Waals surface area contributed by atoms with Gasteiger partial charge in [0.2, 0.25) is 0 Å². The lowest BCUT2D eigenvalue weighted by molar-refractivity contribution is 0.0319. The highest BCUT2D eigenvalue weighted by atomic mass is 16.5. The first-order chi connectivity index (χ1) is 8.67. The van der Waals surface area contributed by atoms with Crippen LogP contribution in [-0.4, -0.2) is 12.1 Å². The average molecular weight is 245 g/mol. The molecule has 0 aliphatic heterocycles. The van der Waals surface area contributed by atoms with Crippen molar-refractivity contribution in [3.8, 4) is 0 Å². The predicted octanol–water partition coefficient (Wildman–Crippen LogP) is 4.36. The Balaban J connectivity index is 2.46. The fraction of sp³-hybridized carbons (Fsp3) is 0.467. The van der Waals surface area contributed by atoms with Crippen LogP contribution in [0.2, 0.25) is 0 Å². The molecule has 1 atom stereocenters. The van der Waals surface area contributed by atoms with E-state index in [1.54, 1.807) is 24.3 Å². The summed E-state index contributed by atoms with van der Waals surface area (Å²) in [6.07, 6.45) is 4.27. The van der Waals surface area contributed by atoms with Gasteiger partial charge in [-0.1, -0.05) is 44.0 Å². The zero-order valence-electron chi connectivity index (χ0n) is 11.0. The fourth-order valence-corrected chi connectivity index (χ4v) is 1.66. The monoisotopic (exact) mass is 245 g/mol. The smallest absolute Gasteiger partial charge is 0.338 e. The first kappa shape index (κ1) is 14.2. The third-order valence-corrected chi connectivity index (χ3v) is 2.75. The predicted molar refractivity (Wildman–Crippen MR) is 71.7 cm³/mol. The Hall–Kier alpha value is -1.82. The molecule has 96 valence electrons. The van der Waals surface area contributed by atoms with Gasteiger partial charge in [0.15, 0.2) is 5.69 Å². The first-order valence-electron chi connectivity index (χ1n) is 6.36. The maximum absolute atomic E-state index is 11.8. The van der Waals surface area contributed by atoms with Gasteiger partial charge in [-0.15, -0.1) is 0 Å². The molecule has 0 aliphatic carbocycles. The number of hydrogen-bond acceptors (Lipinski definition) is 2. The molecule has 3 heteroatoms. The Kier molecular flexibility index (Phi) is 5.93. The number of carbonyl (C=O) groups is 1. The maximum atomic E-state index is 11.8. The fourth-order valence-electron chi connectivity index (χ4n) is 1.66. The molecule has 0 amide bonds. The molecule has 0 saturated carbocycles. The summed E-state index contributed by atoms with van der Waals surface area (Å²) in [6, 6.07) is 6.53. The third kappa shape index (κ3) is 4.58. The molecule has 0 unspecified atom stereocenters. The second-order valence-corrected chi connectivity index (χ2v) is 4.37. The van der Waals surface area contributed by atoms with Crippen LogP contribution in [0.4, 0.5) is 5.69 Å². The highest BCUT2D eigenvalue weighted by Crippen LogP contribution is 2.15. The molecule has 0 saturated heterocycles. The largest absolute Gasteiger partial charge is 0.459 e. The molecule has 3 nitrogen and oxygen atoms in total. The van der Waals surface area contributed by atoms with E-state index in [4.69, 9.17) is 11.3 Å². The van der Waals surface area contributed by atoms with Gasteiger partial charge in [0.05, 0.1) is 18.2 Å². The lowest BCUT2D eigenvalue weighted by atomic mass is 10.1. The van der Waals surface area contributed by atoms with Crippen molar-refractivity contribution in [3.05, 3.63) is 41.2 Å². The third-order valence-electron chi connectivity index (χ3n) is 2.75. The van der Waals surface area contributed by atoms with E-state index < -0.39 is 0 Å². The second kappa shape index (κ2) is 7.50. The van der Waals surface area contributed by atoms with Crippen LogP contribution < -0.4 is 0 Å². The van der Waals surface area contributed by atoms with Crippen LogP contribution in [-0.2, 0) is 4.74 Å². The highest BCUT2D eigenvalue weighted by molar-refractivity contribution is 5.89. The Morgan fingerprint density at radius 1 is 1.33 bits per heavy atom. The molecule has 1 aromatic rings. The summed E-state index contributed by atoms with van der Waals surface area (Å²) in [4.78, 5) is 15.1. The van der Waals surface area contributed by atoms with Gasteiger partial charge in [-0.05, 0) is 19.8 Å². The van der Waals surface area contributed by atoms with Gasteiger partial charge in [-0.25, -0.2) is 9.64 Å². The van der Waals surface area contributed by atoms with E-state index in [2.05, 4.69) is 11.8 Å². The summed E-state index contributed by atoms with van der Waals surface area (Å²) in [7, 11) is 0. The van der Waals surface area contributed by atoms with Gasteiger partial charge >= 0.3 is 5.97 Å². The van der Waals surface area contributed by atoms with Crippen molar-refractivity contribution in [2.24, 2.45) is 0 Å². The summed E-state index contributed by atoms with van der Waals surface area (Å²) in [5, 5.41) is 0. The van der Waals surface area contributed by atoms with Crippen molar-refractivity contribution in [2.75, 3.05) is 0 Å². The number of rotatable bonds is 6. The highest BCUT2D eigenvalue weighted by Gasteiger charge is 2.11. The number of ether oxygens (including phenoxy) is 1. The second-order valence-electron chi connectivity index (χ2n) is 4.37. The summed E-state index contributed by atoms with van der Waals surface area (Å²) in [6.45, 7) is 10.9. The number of hydrogen-bond donors (Lipinski definition) is 0. The standard InChI is InChI=1S/C15H19NO2/c1-4-5-6-7-12(2)18-15(17)13-8-10-14(16-3)11-9-13/h8-12H,4-7H2,1-2H3/t12-/m0/s1. The molecule has 0 spiro atoms. The molecule has 0 heterocycles. The molecule has 0 aliphatic rings. The molecule has 0 N–H and O–H groups in total. The van der Waals surface area contributed by atoms with Gasteiger partial charge in [0, 0.05) is 0 Å². The van der Waals surface area contributed by atoms with Gasteiger partial charge in [-0.3, -0.25) is 0 Å². The van der Waals surface area contributed by atoms with Crippen molar-refractivity contribution in [1.82, 2.24) is 0 Å². The minimum absolute atomic E-state index is 0.0513. The minimum atomic E-state index is -0.310. The normalized spacial score (nSPS) is 11.6. The lowest BCUT2D eigenvalue weighted by Crippen LogP contribution is -2.14. The van der Waals surface area contributed by atoms with Crippen LogP contribution in [0, 0.1) is 6.57 Å². The number of nitrogens with zero attached hydrogens (tertiary/aromatic N) is 1. The maximum Gasteiger partial charge on any atom is 0.338 e. The van der Waals surface area contributed by atoms with E-state index in [1.165, 1.54) is 12.8 Å². The summed E-state index contributed by atoms with van der Waals surface area (Å²) in [5.74, 6) is -0.310. The zero-order chi connectivity index (χ0) is 13.4. The van der Waals surface area contributed by atoms with Crippen LogP contribution in [0.15, 0.2) is 24.3 Å². The summed E-state index contributed by atoms with van der Waals surface area (Å²) < 4.78 is 5.34. The molecule has 0 bridgehead atoms. The Labute approximate surface area is 109 Å². The van der Waals surface area contributed by atoms with Gasteiger partial charge in [0.1, 0.15) is 0 Å². The van der Waals surface area contributed by atoms with Crippen molar-refractivity contribution < 1.29 is 9.53 Å². The number of esters is 1. The number of unbranched alkanes of at least 4 members (excludes halogenated alkanes) is 2. The van der Waals surface area contributed by atoms with E-state index in [9.17, 15) is 4.79 Å². The van der Waals surface area contributed by atoms with Crippen molar-refractivity contribution >= 4 is 11.7 Å². The molecule has 0 radical (unpaired) electrons. The molecule has 18 heavy (non-hydrogen) atoms. The van der Waals surface area contributed by atoms with Crippen LogP contribution in [0.25, 0.3) is 4.85 Å². The van der Waals surface area contributed by atoms with Gasteiger partial charge < -0.3 is 4.74 Å². The molecular formula is C15H19NO2. The van der Waals surface area contributed by atoms with Gasteiger partial charge in [-0.2, -0.15) is 0 Å². The van der Waals surface area contributed by atoms with E-state index in [0.717, 1.165) is 12.8 Å². The number of carbonyl (C=O) groups excluding carboxylic acids is 1. The lowest BCUT2D eigenvalue weighted by Gasteiger charge is -2.12. The molecule has 1 rings (SSSR count).